The van der Waals surface area contributed by atoms with Crippen molar-refractivity contribution in [2.45, 2.75) is 50.4 Å². The van der Waals surface area contributed by atoms with Gasteiger partial charge in [0, 0.05) is 0 Å². The van der Waals surface area contributed by atoms with Gasteiger partial charge in [0.2, 0.25) is 0 Å². The normalized spacial score (nSPS) is 15.6. The van der Waals surface area contributed by atoms with Crippen molar-refractivity contribution in [2.24, 2.45) is 0 Å². The summed E-state index contributed by atoms with van der Waals surface area (Å²) in [7, 11) is 0. The van der Waals surface area contributed by atoms with Crippen molar-refractivity contribution in [2.75, 3.05) is 13.2 Å². The summed E-state index contributed by atoms with van der Waals surface area (Å²) in [6.45, 7) is 1.10. The van der Waals surface area contributed by atoms with Gasteiger partial charge in [-0.3, -0.25) is 0 Å². The lowest BCUT2D eigenvalue weighted by molar-refractivity contribution is 0.170. The van der Waals surface area contributed by atoms with Crippen LogP contribution in [0.5, 0.6) is 23.0 Å². The van der Waals surface area contributed by atoms with E-state index in [1.165, 1.54) is 42.4 Å². The lowest BCUT2D eigenvalue weighted by Crippen LogP contribution is -2.16. The number of aromatic hydroxyl groups is 2. The zero-order chi connectivity index (χ0) is 29.4. The van der Waals surface area contributed by atoms with E-state index in [0.29, 0.717) is 40.6 Å². The number of hydrogen-bond donors (Lipinski definition) is 2. The van der Waals surface area contributed by atoms with E-state index >= 15 is 0 Å². The molecule has 8 heteroatoms. The van der Waals surface area contributed by atoms with Crippen LogP contribution in [0.25, 0.3) is 0 Å². The molecule has 4 aromatic rings. The number of phenols is 2. The summed E-state index contributed by atoms with van der Waals surface area (Å²) < 4.78 is 12.7. The Morgan fingerprint density at radius 1 is 0.619 bits per heavy atom. The van der Waals surface area contributed by atoms with E-state index in [2.05, 4.69) is 80.4 Å². The Hall–Kier alpha value is -2.38. The van der Waals surface area contributed by atoms with Crippen molar-refractivity contribution in [1.82, 2.24) is 0 Å². The van der Waals surface area contributed by atoms with E-state index < -0.39 is 0 Å². The fraction of sp³-hybridized carbons (Fsp3) is 0.294. The Morgan fingerprint density at radius 3 is 1.57 bits per heavy atom. The van der Waals surface area contributed by atoms with Crippen LogP contribution in [0.2, 0.25) is 10.0 Å². The van der Waals surface area contributed by atoms with Gasteiger partial charge in [0.15, 0.2) is 23.0 Å². The van der Waals surface area contributed by atoms with Gasteiger partial charge in [0.05, 0.1) is 19.0 Å². The first-order chi connectivity index (χ1) is 20.3. The van der Waals surface area contributed by atoms with Crippen molar-refractivity contribution in [3.63, 3.8) is 0 Å². The predicted octanol–water partition coefficient (Wildman–Crippen LogP) is 10.3. The minimum absolute atomic E-state index is 0.206. The van der Waals surface area contributed by atoms with Gasteiger partial charge >= 0.3 is 0 Å². The minimum Gasteiger partial charge on any atom is -0.503 e. The molecule has 2 aliphatic carbocycles. The molecule has 1 heterocycles. The average molecular weight is 733 g/mol. The number of rotatable bonds is 6. The molecular formula is C34H30Br2Cl2O4. The lowest BCUT2D eigenvalue weighted by atomic mass is 10.0. The molecule has 0 bridgehead atoms. The smallest absolute Gasteiger partial charge is 0.181 e. The van der Waals surface area contributed by atoms with E-state index in [1.54, 1.807) is 6.07 Å². The SMILES string of the molecule is Clc1c(Cc2ccc(C3CC3)cc2)cc(Br)c2c1OCCO2.Oc1c(Br)cc(Cc2ccc(C3CC3)cc2)c(Cl)c1O. The molecule has 2 fully saturated rings. The van der Waals surface area contributed by atoms with E-state index in [-0.39, 0.29) is 16.5 Å². The molecule has 7 rings (SSSR count). The van der Waals surface area contributed by atoms with Gasteiger partial charge in [-0.05, 0) is 128 Å². The third kappa shape index (κ3) is 6.72. The fourth-order valence-corrected chi connectivity index (χ4v) is 6.69. The molecule has 2 saturated carbocycles. The third-order valence-electron chi connectivity index (χ3n) is 7.87. The molecule has 0 aromatic heterocycles. The first kappa shape index (κ1) is 29.7. The van der Waals surface area contributed by atoms with E-state index in [4.69, 9.17) is 32.7 Å². The zero-order valence-electron chi connectivity index (χ0n) is 22.8. The highest BCUT2D eigenvalue weighted by molar-refractivity contribution is 9.11. The second-order valence-corrected chi connectivity index (χ2v) is 13.6. The lowest BCUT2D eigenvalue weighted by Gasteiger charge is -2.22. The highest BCUT2D eigenvalue weighted by atomic mass is 79.9. The Kier molecular flexibility index (Phi) is 8.97. The van der Waals surface area contributed by atoms with Gasteiger partial charge in [-0.25, -0.2) is 0 Å². The van der Waals surface area contributed by atoms with Gasteiger partial charge in [-0.2, -0.15) is 0 Å². The molecule has 0 atom stereocenters. The Labute approximate surface area is 272 Å². The molecular weight excluding hydrogens is 703 g/mol. The fourth-order valence-electron chi connectivity index (χ4n) is 5.19. The summed E-state index contributed by atoms with van der Waals surface area (Å²) in [5.74, 6) is 2.42. The molecule has 4 nitrogen and oxygen atoms in total. The van der Waals surface area contributed by atoms with E-state index in [0.717, 1.165) is 39.4 Å². The molecule has 218 valence electrons. The monoisotopic (exact) mass is 730 g/mol. The van der Waals surface area contributed by atoms with Crippen LogP contribution < -0.4 is 9.47 Å². The van der Waals surface area contributed by atoms with Crippen molar-refractivity contribution < 1.29 is 19.7 Å². The van der Waals surface area contributed by atoms with Crippen LogP contribution in [0.15, 0.2) is 69.6 Å². The number of phenolic OH excluding ortho intramolecular Hbond substituents is 2. The number of halogens is 4. The first-order valence-corrected chi connectivity index (χ1v) is 16.5. The Balaban J connectivity index is 0.000000151. The topological polar surface area (TPSA) is 58.9 Å². The van der Waals surface area contributed by atoms with Crippen LogP contribution in [-0.4, -0.2) is 23.4 Å². The van der Waals surface area contributed by atoms with Crippen LogP contribution in [0.3, 0.4) is 0 Å². The van der Waals surface area contributed by atoms with Gasteiger partial charge in [0.1, 0.15) is 13.2 Å². The van der Waals surface area contributed by atoms with Crippen LogP contribution in [-0.2, 0) is 12.8 Å². The number of ether oxygens (including phenoxy) is 2. The maximum absolute atomic E-state index is 9.76. The molecule has 3 aliphatic rings. The van der Waals surface area contributed by atoms with Crippen molar-refractivity contribution in [3.05, 3.63) is 113 Å². The highest BCUT2D eigenvalue weighted by Gasteiger charge is 2.25. The maximum Gasteiger partial charge on any atom is 0.181 e. The molecule has 0 amide bonds. The summed E-state index contributed by atoms with van der Waals surface area (Å²) in [5, 5.41) is 20.2. The summed E-state index contributed by atoms with van der Waals surface area (Å²) >= 11 is 19.4. The van der Waals surface area contributed by atoms with Crippen molar-refractivity contribution in [1.29, 1.82) is 0 Å². The van der Waals surface area contributed by atoms with Gasteiger partial charge in [0.25, 0.3) is 0 Å². The molecule has 0 spiro atoms. The molecule has 4 aromatic carbocycles. The van der Waals surface area contributed by atoms with Crippen molar-refractivity contribution >= 4 is 55.1 Å². The highest BCUT2D eigenvalue weighted by Crippen LogP contribution is 2.46. The second kappa shape index (κ2) is 12.7. The van der Waals surface area contributed by atoms with Crippen LogP contribution in [0.4, 0.5) is 0 Å². The zero-order valence-corrected chi connectivity index (χ0v) is 27.5. The van der Waals surface area contributed by atoms with Gasteiger partial charge in [-0.15, -0.1) is 0 Å². The van der Waals surface area contributed by atoms with Gasteiger partial charge < -0.3 is 19.7 Å². The molecule has 1 aliphatic heterocycles. The molecule has 0 saturated heterocycles. The standard InChI is InChI=1S/C18H16BrClO2.C16H14BrClO2/c19-15-10-14(16(20)18-17(15)21-7-8-22-18)9-11-1-3-12(4-2-11)13-5-6-13;17-13-8-12(14(18)16(20)15(13)19)7-9-1-3-10(4-2-9)11-5-6-11/h1-4,10,13H,5-9H2;1-4,8,11,19-20H,5-7H2. The van der Waals surface area contributed by atoms with E-state index in [9.17, 15) is 10.2 Å². The molecule has 0 radical (unpaired) electrons. The maximum atomic E-state index is 9.76. The van der Waals surface area contributed by atoms with Crippen molar-refractivity contribution in [3.8, 4) is 23.0 Å². The number of benzene rings is 4. The van der Waals surface area contributed by atoms with Crippen LogP contribution in [0, 0.1) is 0 Å². The summed E-state index contributed by atoms with van der Waals surface area (Å²) in [4.78, 5) is 0. The minimum atomic E-state index is -0.273. The predicted molar refractivity (Wildman–Crippen MR) is 175 cm³/mol. The van der Waals surface area contributed by atoms with Crippen LogP contribution >= 0.6 is 55.1 Å². The summed E-state index contributed by atoms with van der Waals surface area (Å²) in [6.07, 6.45) is 6.67. The van der Waals surface area contributed by atoms with Crippen LogP contribution in [0.1, 0.15) is 70.9 Å². The largest absolute Gasteiger partial charge is 0.503 e. The summed E-state index contributed by atoms with van der Waals surface area (Å²) in [5.41, 5.74) is 7.08. The average Bonchev–Trinajstić information content (AvgIpc) is 3.93. The second-order valence-electron chi connectivity index (χ2n) is 11.1. The molecule has 2 N–H and O–H groups in total. The quantitative estimate of drug-likeness (QED) is 0.194. The third-order valence-corrected chi connectivity index (χ3v) is 9.90. The Morgan fingerprint density at radius 2 is 1.07 bits per heavy atom. The first-order valence-electron chi connectivity index (χ1n) is 14.1. The van der Waals surface area contributed by atoms with E-state index in [1.807, 2.05) is 6.07 Å². The summed E-state index contributed by atoms with van der Waals surface area (Å²) in [6, 6.07) is 21.2. The van der Waals surface area contributed by atoms with Gasteiger partial charge in [-0.1, -0.05) is 71.7 Å². The number of fused-ring (bicyclic) bond motifs is 1. The number of hydrogen-bond acceptors (Lipinski definition) is 4. The Bertz CT molecular complexity index is 1600. The molecule has 42 heavy (non-hydrogen) atoms. The molecule has 0 unspecified atom stereocenters.